The number of aryl methyl sites for hydroxylation is 2. The van der Waals surface area contributed by atoms with Crippen molar-refractivity contribution in [2.75, 3.05) is 0 Å². The fourth-order valence-electron chi connectivity index (χ4n) is 1.98. The first-order valence-electron chi connectivity index (χ1n) is 6.57. The highest BCUT2D eigenvalue weighted by molar-refractivity contribution is 7.15. The Morgan fingerprint density at radius 1 is 1.35 bits per heavy atom. The molecule has 0 unspecified atom stereocenters. The Morgan fingerprint density at radius 3 is 2.75 bits per heavy atom. The summed E-state index contributed by atoms with van der Waals surface area (Å²) >= 11 is 7.75. The average molecular weight is 310 g/mol. The van der Waals surface area contributed by atoms with E-state index in [2.05, 4.69) is 11.9 Å². The lowest BCUT2D eigenvalue weighted by Gasteiger charge is -1.98. The Labute approximate surface area is 127 Å². The molecule has 2 rings (SSSR count). The van der Waals surface area contributed by atoms with Crippen LogP contribution in [0.1, 0.15) is 30.3 Å². The Balaban J connectivity index is 2.33. The highest BCUT2D eigenvalue weighted by atomic mass is 35.5. The SMILES string of the molecule is CCCc1nc(-c2ccccc2Cl)sc1CCC(=O)O. The fraction of sp³-hybridized carbons (Fsp3) is 0.333. The maximum absolute atomic E-state index is 10.7. The molecule has 0 amide bonds. The standard InChI is InChI=1S/C15H16ClNO2S/c1-2-5-12-13(8-9-14(18)19)20-15(17-12)10-6-3-4-7-11(10)16/h3-4,6-7H,2,5,8-9H2,1H3,(H,18,19). The zero-order valence-electron chi connectivity index (χ0n) is 11.2. The Morgan fingerprint density at radius 2 is 2.10 bits per heavy atom. The topological polar surface area (TPSA) is 50.2 Å². The summed E-state index contributed by atoms with van der Waals surface area (Å²) in [6.45, 7) is 2.09. The quantitative estimate of drug-likeness (QED) is 0.858. The van der Waals surface area contributed by atoms with E-state index in [9.17, 15) is 4.79 Å². The van der Waals surface area contributed by atoms with Crippen LogP contribution < -0.4 is 0 Å². The first kappa shape index (κ1) is 15.0. The number of aliphatic carboxylic acids is 1. The summed E-state index contributed by atoms with van der Waals surface area (Å²) in [5.74, 6) is -0.778. The molecule has 0 saturated carbocycles. The van der Waals surface area contributed by atoms with Crippen LogP contribution in [0.25, 0.3) is 10.6 Å². The van der Waals surface area contributed by atoms with Gasteiger partial charge in [-0.05, 0) is 18.9 Å². The molecule has 0 radical (unpaired) electrons. The summed E-state index contributed by atoms with van der Waals surface area (Å²) in [5.41, 5.74) is 1.92. The summed E-state index contributed by atoms with van der Waals surface area (Å²) in [4.78, 5) is 16.4. The van der Waals surface area contributed by atoms with Gasteiger partial charge in [0.1, 0.15) is 5.01 Å². The van der Waals surface area contributed by atoms with Crippen molar-refractivity contribution in [3.8, 4) is 10.6 Å². The number of carboxylic acids is 1. The van der Waals surface area contributed by atoms with Gasteiger partial charge in [0.05, 0.1) is 17.1 Å². The van der Waals surface area contributed by atoms with Crippen LogP contribution in [-0.2, 0) is 17.6 Å². The monoisotopic (exact) mass is 309 g/mol. The number of hydrogen-bond donors (Lipinski definition) is 1. The molecule has 0 aliphatic heterocycles. The van der Waals surface area contributed by atoms with Gasteiger partial charge in [0.2, 0.25) is 0 Å². The number of hydrogen-bond acceptors (Lipinski definition) is 3. The third-order valence-corrected chi connectivity index (χ3v) is 4.46. The normalized spacial score (nSPS) is 10.7. The van der Waals surface area contributed by atoms with Crippen LogP contribution in [0.2, 0.25) is 5.02 Å². The second kappa shape index (κ2) is 6.86. The lowest BCUT2D eigenvalue weighted by Crippen LogP contribution is -1.98. The minimum Gasteiger partial charge on any atom is -0.481 e. The summed E-state index contributed by atoms with van der Waals surface area (Å²) < 4.78 is 0. The van der Waals surface area contributed by atoms with Crippen LogP contribution in [0.15, 0.2) is 24.3 Å². The van der Waals surface area contributed by atoms with Gasteiger partial charge in [-0.2, -0.15) is 0 Å². The van der Waals surface area contributed by atoms with Gasteiger partial charge in [-0.3, -0.25) is 4.79 Å². The molecule has 0 aliphatic carbocycles. The molecule has 106 valence electrons. The van der Waals surface area contributed by atoms with E-state index in [1.54, 1.807) is 11.3 Å². The van der Waals surface area contributed by atoms with E-state index >= 15 is 0 Å². The van der Waals surface area contributed by atoms with Crippen LogP contribution in [0.4, 0.5) is 0 Å². The molecule has 0 aliphatic rings. The first-order chi connectivity index (χ1) is 9.61. The van der Waals surface area contributed by atoms with E-state index in [1.165, 1.54) is 0 Å². The van der Waals surface area contributed by atoms with Gasteiger partial charge < -0.3 is 5.11 Å². The van der Waals surface area contributed by atoms with Crippen molar-refractivity contribution in [2.24, 2.45) is 0 Å². The lowest BCUT2D eigenvalue weighted by atomic mass is 10.1. The van der Waals surface area contributed by atoms with Crippen molar-refractivity contribution in [3.63, 3.8) is 0 Å². The molecule has 0 atom stereocenters. The molecule has 20 heavy (non-hydrogen) atoms. The largest absolute Gasteiger partial charge is 0.481 e. The van der Waals surface area contributed by atoms with Crippen LogP contribution in [0.5, 0.6) is 0 Å². The number of thiazole rings is 1. The molecule has 0 saturated heterocycles. The third-order valence-electron chi connectivity index (χ3n) is 2.94. The maximum atomic E-state index is 10.7. The Bertz CT molecular complexity index is 610. The lowest BCUT2D eigenvalue weighted by molar-refractivity contribution is -0.136. The summed E-state index contributed by atoms with van der Waals surface area (Å²) in [5, 5.41) is 10.4. The molecule has 3 nitrogen and oxygen atoms in total. The van der Waals surface area contributed by atoms with Gasteiger partial charge >= 0.3 is 5.97 Å². The van der Waals surface area contributed by atoms with Crippen molar-refractivity contribution in [2.45, 2.75) is 32.6 Å². The zero-order valence-corrected chi connectivity index (χ0v) is 12.8. The van der Waals surface area contributed by atoms with Gasteiger partial charge in [0, 0.05) is 10.4 Å². The number of carboxylic acid groups (broad SMARTS) is 1. The van der Waals surface area contributed by atoms with Crippen molar-refractivity contribution >= 4 is 28.9 Å². The van der Waals surface area contributed by atoms with Crippen molar-refractivity contribution in [1.82, 2.24) is 4.98 Å². The number of carbonyl (C=O) groups is 1. The predicted octanol–water partition coefficient (Wildman–Crippen LogP) is 4.43. The molecule has 1 aromatic heterocycles. The predicted molar refractivity (Wildman–Crippen MR) is 82.5 cm³/mol. The molecular formula is C15H16ClNO2S. The van der Waals surface area contributed by atoms with E-state index in [0.29, 0.717) is 11.4 Å². The maximum Gasteiger partial charge on any atom is 0.303 e. The van der Waals surface area contributed by atoms with E-state index in [-0.39, 0.29) is 6.42 Å². The molecular weight excluding hydrogens is 294 g/mol. The summed E-state index contributed by atoms with van der Waals surface area (Å²) in [7, 11) is 0. The van der Waals surface area contributed by atoms with Crippen LogP contribution in [0.3, 0.4) is 0 Å². The highest BCUT2D eigenvalue weighted by Crippen LogP contribution is 2.33. The molecule has 2 aromatic rings. The van der Waals surface area contributed by atoms with Gasteiger partial charge in [0.25, 0.3) is 0 Å². The van der Waals surface area contributed by atoms with Gasteiger partial charge in [-0.25, -0.2) is 4.98 Å². The average Bonchev–Trinajstić information content (AvgIpc) is 2.80. The van der Waals surface area contributed by atoms with Gasteiger partial charge in [-0.1, -0.05) is 43.1 Å². The minimum absolute atomic E-state index is 0.140. The van der Waals surface area contributed by atoms with Gasteiger partial charge in [0.15, 0.2) is 0 Å². The number of aromatic nitrogens is 1. The molecule has 5 heteroatoms. The second-order valence-electron chi connectivity index (χ2n) is 4.51. The number of rotatable bonds is 6. The summed E-state index contributed by atoms with van der Waals surface area (Å²) in [6.07, 6.45) is 2.54. The highest BCUT2D eigenvalue weighted by Gasteiger charge is 2.14. The first-order valence-corrected chi connectivity index (χ1v) is 7.76. The fourth-order valence-corrected chi connectivity index (χ4v) is 3.41. The molecule has 0 spiro atoms. The Hall–Kier alpha value is -1.39. The number of benzene rings is 1. The molecule has 1 heterocycles. The van der Waals surface area contributed by atoms with Crippen molar-refractivity contribution in [1.29, 1.82) is 0 Å². The molecule has 1 aromatic carbocycles. The van der Waals surface area contributed by atoms with Crippen molar-refractivity contribution < 1.29 is 9.90 Å². The zero-order chi connectivity index (χ0) is 14.5. The van der Waals surface area contributed by atoms with Crippen LogP contribution in [0, 0.1) is 0 Å². The van der Waals surface area contributed by atoms with Crippen LogP contribution in [-0.4, -0.2) is 16.1 Å². The number of nitrogens with zero attached hydrogens (tertiary/aromatic N) is 1. The second-order valence-corrected chi connectivity index (χ2v) is 6.00. The van der Waals surface area contributed by atoms with E-state index in [4.69, 9.17) is 16.7 Å². The minimum atomic E-state index is -0.778. The van der Waals surface area contributed by atoms with Crippen LogP contribution >= 0.6 is 22.9 Å². The molecule has 1 N–H and O–H groups in total. The van der Waals surface area contributed by atoms with E-state index in [1.807, 2.05) is 24.3 Å². The third kappa shape index (κ3) is 3.58. The van der Waals surface area contributed by atoms with E-state index in [0.717, 1.165) is 34.0 Å². The van der Waals surface area contributed by atoms with E-state index < -0.39 is 5.97 Å². The Kier molecular flexibility index (Phi) is 5.15. The molecule has 0 bridgehead atoms. The van der Waals surface area contributed by atoms with Gasteiger partial charge in [-0.15, -0.1) is 11.3 Å². The summed E-state index contributed by atoms with van der Waals surface area (Å²) in [6, 6.07) is 7.60. The number of halogens is 1. The molecule has 0 fully saturated rings. The smallest absolute Gasteiger partial charge is 0.303 e. The van der Waals surface area contributed by atoms with Crippen molar-refractivity contribution in [3.05, 3.63) is 39.9 Å².